The molecule has 1 aromatic carbocycles. The van der Waals surface area contributed by atoms with Crippen molar-refractivity contribution in [3.63, 3.8) is 0 Å². The molecular weight excluding hydrogens is 328 g/mol. The summed E-state index contributed by atoms with van der Waals surface area (Å²) >= 11 is 0. The average molecular weight is 342 g/mol. The van der Waals surface area contributed by atoms with Gasteiger partial charge < -0.3 is 15.1 Å². The highest BCUT2D eigenvalue weighted by molar-refractivity contribution is 7.89. The first kappa shape index (κ1) is 14.7. The maximum Gasteiger partial charge on any atom is 0.240 e. The summed E-state index contributed by atoms with van der Waals surface area (Å²) < 4.78 is 26.4. The van der Waals surface area contributed by atoms with Crippen LogP contribution in [0.4, 0.5) is 0 Å². The summed E-state index contributed by atoms with van der Waals surface area (Å²) in [5, 5.41) is 11.8. The highest BCUT2D eigenvalue weighted by atomic mass is 32.2. The zero-order chi connectivity index (χ0) is 16.9. The topological polar surface area (TPSA) is 111 Å². The van der Waals surface area contributed by atoms with Gasteiger partial charge in [-0.1, -0.05) is 0 Å². The first-order chi connectivity index (χ1) is 11.5. The number of aromatic hydroxyl groups is 1. The predicted octanol–water partition coefficient (Wildman–Crippen LogP) is 2.32. The number of hydrogen-bond donors (Lipinski definition) is 4. The average Bonchev–Trinajstić information content (AvgIpc) is 3.16. The van der Waals surface area contributed by atoms with Gasteiger partial charge in [0, 0.05) is 22.5 Å². The molecule has 0 bridgehead atoms. The van der Waals surface area contributed by atoms with E-state index in [1.807, 2.05) is 12.1 Å². The quantitative estimate of drug-likeness (QED) is 0.458. The standard InChI is InChI=1S/C16H14N4O3S/c1-17-24(22,23)10-3-5-12-11(8-10)14(16(21)20-12)13-4-2-9-6-7-18-15(9)19-13/h2-8,17,20-21H,1H3,(H,18,19). The summed E-state index contributed by atoms with van der Waals surface area (Å²) in [5.41, 5.74) is 2.34. The Hall–Kier alpha value is -2.84. The number of nitrogens with zero attached hydrogens (tertiary/aromatic N) is 1. The van der Waals surface area contributed by atoms with E-state index in [1.165, 1.54) is 19.2 Å². The van der Waals surface area contributed by atoms with Crippen LogP contribution in [0, 0.1) is 0 Å². The van der Waals surface area contributed by atoms with Gasteiger partial charge in [-0.3, -0.25) is 0 Å². The number of rotatable bonds is 3. The summed E-state index contributed by atoms with van der Waals surface area (Å²) in [5.74, 6) is -0.0533. The van der Waals surface area contributed by atoms with Crippen LogP contribution in [-0.4, -0.2) is 35.5 Å². The van der Waals surface area contributed by atoms with Crippen LogP contribution in [-0.2, 0) is 10.0 Å². The van der Waals surface area contributed by atoms with E-state index in [9.17, 15) is 13.5 Å². The molecule has 0 atom stereocenters. The highest BCUT2D eigenvalue weighted by Crippen LogP contribution is 2.37. The Balaban J connectivity index is 2.00. The Labute approximate surface area is 137 Å². The Morgan fingerprint density at radius 1 is 1.17 bits per heavy atom. The minimum Gasteiger partial charge on any atom is -0.494 e. The molecule has 3 aromatic heterocycles. The number of pyridine rings is 1. The van der Waals surface area contributed by atoms with E-state index in [1.54, 1.807) is 18.3 Å². The van der Waals surface area contributed by atoms with Gasteiger partial charge >= 0.3 is 0 Å². The van der Waals surface area contributed by atoms with Crippen molar-refractivity contribution in [3.05, 3.63) is 42.6 Å². The molecule has 0 aliphatic carbocycles. The molecular formula is C16H14N4O3S. The Morgan fingerprint density at radius 3 is 2.79 bits per heavy atom. The van der Waals surface area contributed by atoms with Crippen LogP contribution in [0.15, 0.2) is 47.5 Å². The zero-order valence-corrected chi connectivity index (χ0v) is 13.5. The lowest BCUT2D eigenvalue weighted by molar-refractivity contribution is 0.460. The van der Waals surface area contributed by atoms with E-state index in [4.69, 9.17) is 0 Å². The van der Waals surface area contributed by atoms with Crippen molar-refractivity contribution in [2.75, 3.05) is 7.05 Å². The molecule has 0 spiro atoms. The second kappa shape index (κ2) is 5.08. The van der Waals surface area contributed by atoms with Gasteiger partial charge in [0.1, 0.15) is 5.65 Å². The number of H-pyrrole nitrogens is 2. The van der Waals surface area contributed by atoms with Crippen molar-refractivity contribution in [2.24, 2.45) is 0 Å². The van der Waals surface area contributed by atoms with Crippen molar-refractivity contribution in [3.8, 4) is 17.1 Å². The van der Waals surface area contributed by atoms with Gasteiger partial charge in [0.05, 0.1) is 16.2 Å². The number of benzene rings is 1. The molecule has 8 heteroatoms. The van der Waals surface area contributed by atoms with Crippen LogP contribution < -0.4 is 4.72 Å². The van der Waals surface area contributed by atoms with E-state index in [-0.39, 0.29) is 10.8 Å². The molecule has 122 valence electrons. The van der Waals surface area contributed by atoms with Gasteiger partial charge in [0.15, 0.2) is 5.88 Å². The normalized spacial score (nSPS) is 12.2. The molecule has 7 nitrogen and oxygen atoms in total. The fourth-order valence-electron chi connectivity index (χ4n) is 2.77. The smallest absolute Gasteiger partial charge is 0.240 e. The molecule has 4 aromatic rings. The van der Waals surface area contributed by atoms with Crippen LogP contribution in [0.2, 0.25) is 0 Å². The number of aromatic nitrogens is 3. The zero-order valence-electron chi connectivity index (χ0n) is 12.7. The number of sulfonamides is 1. The summed E-state index contributed by atoms with van der Waals surface area (Å²) in [6.45, 7) is 0. The molecule has 3 heterocycles. The molecule has 0 fully saturated rings. The van der Waals surface area contributed by atoms with Gasteiger partial charge in [0.25, 0.3) is 0 Å². The first-order valence-electron chi connectivity index (χ1n) is 7.22. The van der Waals surface area contributed by atoms with E-state index in [0.717, 1.165) is 5.39 Å². The summed E-state index contributed by atoms with van der Waals surface area (Å²) in [7, 11) is -2.22. The van der Waals surface area contributed by atoms with Crippen LogP contribution in [0.5, 0.6) is 5.88 Å². The third-order valence-corrected chi connectivity index (χ3v) is 5.41. The van der Waals surface area contributed by atoms with Gasteiger partial charge in [-0.25, -0.2) is 18.1 Å². The Morgan fingerprint density at radius 2 is 2.00 bits per heavy atom. The Bertz CT molecular complexity index is 1170. The molecule has 0 unspecified atom stereocenters. The first-order valence-corrected chi connectivity index (χ1v) is 8.70. The van der Waals surface area contributed by atoms with Gasteiger partial charge in [-0.15, -0.1) is 0 Å². The third kappa shape index (κ3) is 2.15. The van der Waals surface area contributed by atoms with Crippen LogP contribution in [0.1, 0.15) is 0 Å². The van der Waals surface area contributed by atoms with Crippen LogP contribution >= 0.6 is 0 Å². The van der Waals surface area contributed by atoms with E-state index >= 15 is 0 Å². The maximum absolute atomic E-state index is 12.0. The second-order valence-corrected chi connectivity index (χ2v) is 7.26. The lowest BCUT2D eigenvalue weighted by Crippen LogP contribution is -2.18. The fourth-order valence-corrected chi connectivity index (χ4v) is 3.53. The van der Waals surface area contributed by atoms with E-state index in [2.05, 4.69) is 19.7 Å². The third-order valence-electron chi connectivity index (χ3n) is 3.99. The fraction of sp³-hybridized carbons (Fsp3) is 0.0625. The van der Waals surface area contributed by atoms with Crippen LogP contribution in [0.25, 0.3) is 33.2 Å². The lowest BCUT2D eigenvalue weighted by Gasteiger charge is -2.04. The van der Waals surface area contributed by atoms with E-state index in [0.29, 0.717) is 27.8 Å². The monoisotopic (exact) mass is 342 g/mol. The van der Waals surface area contributed by atoms with Crippen molar-refractivity contribution in [2.45, 2.75) is 4.90 Å². The summed E-state index contributed by atoms with van der Waals surface area (Å²) in [4.78, 5) is 10.5. The molecule has 4 rings (SSSR count). The molecule has 0 aliphatic rings. The van der Waals surface area contributed by atoms with Gasteiger partial charge in [0.2, 0.25) is 10.0 Å². The number of hydrogen-bond acceptors (Lipinski definition) is 4. The second-order valence-electron chi connectivity index (χ2n) is 5.38. The SMILES string of the molecule is CNS(=O)(=O)c1ccc2[nH]c(O)c(-c3ccc4cc[nH]c4n3)c2c1. The number of nitrogens with one attached hydrogen (secondary N) is 3. The number of aromatic amines is 2. The predicted molar refractivity (Wildman–Crippen MR) is 91.3 cm³/mol. The van der Waals surface area contributed by atoms with Gasteiger partial charge in [-0.05, 0) is 43.4 Å². The van der Waals surface area contributed by atoms with E-state index < -0.39 is 10.0 Å². The van der Waals surface area contributed by atoms with Crippen molar-refractivity contribution in [1.82, 2.24) is 19.7 Å². The molecule has 0 saturated heterocycles. The molecule has 24 heavy (non-hydrogen) atoms. The van der Waals surface area contributed by atoms with Crippen molar-refractivity contribution in [1.29, 1.82) is 0 Å². The molecule has 0 radical (unpaired) electrons. The summed E-state index contributed by atoms with van der Waals surface area (Å²) in [6.07, 6.45) is 1.79. The highest BCUT2D eigenvalue weighted by Gasteiger charge is 2.18. The number of fused-ring (bicyclic) bond motifs is 2. The molecule has 0 amide bonds. The largest absolute Gasteiger partial charge is 0.494 e. The minimum absolute atomic E-state index is 0.0533. The van der Waals surface area contributed by atoms with Crippen LogP contribution in [0.3, 0.4) is 0 Å². The lowest BCUT2D eigenvalue weighted by atomic mass is 10.1. The van der Waals surface area contributed by atoms with Crippen molar-refractivity contribution < 1.29 is 13.5 Å². The van der Waals surface area contributed by atoms with Gasteiger partial charge in [-0.2, -0.15) is 0 Å². The maximum atomic E-state index is 12.0. The Kier molecular flexibility index (Phi) is 3.12. The molecule has 0 saturated carbocycles. The summed E-state index contributed by atoms with van der Waals surface area (Å²) in [6, 6.07) is 10.2. The minimum atomic E-state index is -3.58. The van der Waals surface area contributed by atoms with Crippen molar-refractivity contribution >= 4 is 32.0 Å². The molecule has 0 aliphatic heterocycles. The molecule has 4 N–H and O–H groups in total.